The Morgan fingerprint density at radius 1 is 1.47 bits per heavy atom. The van der Waals surface area contributed by atoms with Crippen LogP contribution >= 0.6 is 12.2 Å². The van der Waals surface area contributed by atoms with Crippen LogP contribution < -0.4 is 10.6 Å². The normalized spacial score (nSPS) is 10.5. The molecular formula is C11H15FN2S. The molecule has 0 spiro atoms. The molecule has 15 heavy (non-hydrogen) atoms. The average molecular weight is 226 g/mol. The number of halogens is 1. The molecule has 2 nitrogen and oxygen atoms in total. The Morgan fingerprint density at radius 2 is 2.07 bits per heavy atom. The molecule has 0 aliphatic rings. The summed E-state index contributed by atoms with van der Waals surface area (Å²) in [5.41, 5.74) is 6.57. The van der Waals surface area contributed by atoms with Crippen molar-refractivity contribution in [2.75, 3.05) is 11.9 Å². The second-order valence-corrected chi connectivity index (χ2v) is 4.14. The van der Waals surface area contributed by atoms with E-state index in [0.717, 1.165) is 5.69 Å². The molecule has 0 atom stereocenters. The molecule has 1 aromatic rings. The number of hydrogen-bond acceptors (Lipinski definition) is 2. The molecule has 0 aliphatic carbocycles. The fourth-order valence-corrected chi connectivity index (χ4v) is 1.53. The summed E-state index contributed by atoms with van der Waals surface area (Å²) in [5.74, 6) is -0.368. The van der Waals surface area contributed by atoms with Gasteiger partial charge in [-0.3, -0.25) is 0 Å². The third-order valence-electron chi connectivity index (χ3n) is 2.39. The van der Waals surface area contributed by atoms with E-state index in [1.54, 1.807) is 6.07 Å². The van der Waals surface area contributed by atoms with Crippen LogP contribution in [0.5, 0.6) is 0 Å². The van der Waals surface area contributed by atoms with Gasteiger partial charge in [-0.15, -0.1) is 0 Å². The molecule has 1 rings (SSSR count). The van der Waals surface area contributed by atoms with Crippen molar-refractivity contribution in [3.8, 4) is 0 Å². The van der Waals surface area contributed by atoms with E-state index in [9.17, 15) is 4.39 Å². The fraction of sp³-hybridized carbons (Fsp3) is 0.364. The van der Waals surface area contributed by atoms with Crippen molar-refractivity contribution in [2.45, 2.75) is 19.9 Å². The summed E-state index contributed by atoms with van der Waals surface area (Å²) >= 11 is 4.85. The molecule has 0 saturated heterocycles. The Labute approximate surface area is 94.9 Å². The minimum absolute atomic E-state index is 0.0931. The molecule has 0 heterocycles. The number of nitrogens with zero attached hydrogens (tertiary/aromatic N) is 1. The van der Waals surface area contributed by atoms with Gasteiger partial charge in [0.2, 0.25) is 0 Å². The van der Waals surface area contributed by atoms with Gasteiger partial charge in [0, 0.05) is 18.8 Å². The molecule has 0 fully saturated rings. The van der Waals surface area contributed by atoms with Gasteiger partial charge in [-0.05, 0) is 26.0 Å². The highest BCUT2D eigenvalue weighted by Gasteiger charge is 2.15. The van der Waals surface area contributed by atoms with E-state index in [4.69, 9.17) is 18.0 Å². The lowest BCUT2D eigenvalue weighted by Gasteiger charge is -2.26. The van der Waals surface area contributed by atoms with E-state index in [0.29, 0.717) is 5.56 Å². The van der Waals surface area contributed by atoms with E-state index in [-0.39, 0.29) is 16.8 Å². The molecule has 82 valence electrons. The summed E-state index contributed by atoms with van der Waals surface area (Å²) in [4.78, 5) is 2.04. The fourth-order valence-electron chi connectivity index (χ4n) is 1.33. The maximum atomic E-state index is 13.5. The summed E-state index contributed by atoms with van der Waals surface area (Å²) in [6, 6.07) is 5.11. The summed E-state index contributed by atoms with van der Waals surface area (Å²) in [6.07, 6.45) is 0. The second-order valence-electron chi connectivity index (χ2n) is 3.70. The van der Waals surface area contributed by atoms with Crippen molar-refractivity contribution in [1.82, 2.24) is 0 Å². The number of thiocarbonyl (C=S) groups is 1. The van der Waals surface area contributed by atoms with Gasteiger partial charge in [0.05, 0.1) is 5.56 Å². The number of anilines is 1. The summed E-state index contributed by atoms with van der Waals surface area (Å²) in [7, 11) is 1.89. The molecule has 0 amide bonds. The minimum atomic E-state index is -0.368. The lowest BCUT2D eigenvalue weighted by Crippen LogP contribution is -2.28. The van der Waals surface area contributed by atoms with Crippen LogP contribution in [0.2, 0.25) is 0 Å². The van der Waals surface area contributed by atoms with Crippen LogP contribution in [-0.2, 0) is 0 Å². The van der Waals surface area contributed by atoms with Crippen LogP contribution in [0.3, 0.4) is 0 Å². The highest BCUT2D eigenvalue weighted by Crippen LogP contribution is 2.23. The van der Waals surface area contributed by atoms with Crippen LogP contribution in [0, 0.1) is 5.82 Å². The van der Waals surface area contributed by atoms with Gasteiger partial charge in [0.25, 0.3) is 0 Å². The maximum Gasteiger partial charge on any atom is 0.135 e. The first-order valence-corrected chi connectivity index (χ1v) is 5.17. The topological polar surface area (TPSA) is 29.3 Å². The molecule has 0 saturated carbocycles. The molecule has 0 aliphatic heterocycles. The molecule has 0 unspecified atom stereocenters. The Hall–Kier alpha value is -1.16. The van der Waals surface area contributed by atoms with Crippen molar-refractivity contribution >= 4 is 22.9 Å². The minimum Gasteiger partial charge on any atom is -0.389 e. The van der Waals surface area contributed by atoms with Gasteiger partial charge < -0.3 is 10.6 Å². The summed E-state index contributed by atoms with van der Waals surface area (Å²) < 4.78 is 13.5. The molecule has 1 aromatic carbocycles. The Kier molecular flexibility index (Phi) is 3.63. The predicted molar refractivity (Wildman–Crippen MR) is 65.8 cm³/mol. The maximum absolute atomic E-state index is 13.5. The van der Waals surface area contributed by atoms with E-state index in [1.165, 1.54) is 6.07 Å². The molecule has 0 aromatic heterocycles. The van der Waals surface area contributed by atoms with E-state index in [2.05, 4.69) is 0 Å². The number of benzene rings is 1. The van der Waals surface area contributed by atoms with Gasteiger partial charge in [-0.1, -0.05) is 18.3 Å². The van der Waals surface area contributed by atoms with Crippen LogP contribution in [0.1, 0.15) is 19.4 Å². The van der Waals surface area contributed by atoms with Gasteiger partial charge >= 0.3 is 0 Å². The molecule has 0 radical (unpaired) electrons. The van der Waals surface area contributed by atoms with Gasteiger partial charge in [-0.2, -0.15) is 0 Å². The summed E-state index contributed by atoms with van der Waals surface area (Å²) in [6.45, 7) is 4.04. The Balaban J connectivity index is 3.29. The van der Waals surface area contributed by atoms with Crippen molar-refractivity contribution < 1.29 is 4.39 Å². The van der Waals surface area contributed by atoms with Gasteiger partial charge in [0.1, 0.15) is 10.8 Å². The average Bonchev–Trinajstić information content (AvgIpc) is 2.15. The van der Waals surface area contributed by atoms with Gasteiger partial charge in [-0.25, -0.2) is 4.39 Å². The molecule has 0 bridgehead atoms. The molecule has 4 heteroatoms. The highest BCUT2D eigenvalue weighted by molar-refractivity contribution is 7.80. The third kappa shape index (κ3) is 2.45. The smallest absolute Gasteiger partial charge is 0.135 e. The lowest BCUT2D eigenvalue weighted by molar-refractivity contribution is 0.623. The standard InChI is InChI=1S/C11H15FN2S/c1-7(2)14(3)9-6-4-5-8(12)10(9)11(13)15/h4-7H,1-3H3,(H2,13,15). The van der Waals surface area contributed by atoms with Crippen LogP contribution in [-0.4, -0.2) is 18.1 Å². The van der Waals surface area contributed by atoms with E-state index < -0.39 is 0 Å². The largest absolute Gasteiger partial charge is 0.389 e. The third-order valence-corrected chi connectivity index (χ3v) is 2.60. The SMILES string of the molecule is CC(C)N(C)c1cccc(F)c1C(N)=S. The first-order chi connectivity index (χ1) is 6.95. The predicted octanol–water partition coefficient (Wildman–Crippen LogP) is 2.30. The van der Waals surface area contributed by atoms with Gasteiger partial charge in [0.15, 0.2) is 0 Å². The van der Waals surface area contributed by atoms with E-state index in [1.807, 2.05) is 31.9 Å². The number of nitrogens with two attached hydrogens (primary N) is 1. The lowest BCUT2D eigenvalue weighted by atomic mass is 10.1. The molecular weight excluding hydrogens is 211 g/mol. The number of hydrogen-bond donors (Lipinski definition) is 1. The monoisotopic (exact) mass is 226 g/mol. The van der Waals surface area contributed by atoms with Crippen LogP contribution in [0.25, 0.3) is 0 Å². The quantitative estimate of drug-likeness (QED) is 0.802. The second kappa shape index (κ2) is 4.57. The molecule has 2 N–H and O–H groups in total. The Morgan fingerprint density at radius 3 is 2.53 bits per heavy atom. The van der Waals surface area contributed by atoms with Crippen LogP contribution in [0.15, 0.2) is 18.2 Å². The first-order valence-electron chi connectivity index (χ1n) is 4.76. The number of rotatable bonds is 3. The summed E-state index contributed by atoms with van der Waals surface area (Å²) in [5, 5.41) is 0. The van der Waals surface area contributed by atoms with Crippen molar-refractivity contribution in [3.63, 3.8) is 0 Å². The zero-order chi connectivity index (χ0) is 11.6. The van der Waals surface area contributed by atoms with Crippen LogP contribution in [0.4, 0.5) is 10.1 Å². The van der Waals surface area contributed by atoms with Crippen molar-refractivity contribution in [2.24, 2.45) is 5.73 Å². The first kappa shape index (κ1) is 11.9. The zero-order valence-corrected chi connectivity index (χ0v) is 9.94. The zero-order valence-electron chi connectivity index (χ0n) is 9.12. The van der Waals surface area contributed by atoms with E-state index >= 15 is 0 Å². The van der Waals surface area contributed by atoms with Crippen molar-refractivity contribution in [3.05, 3.63) is 29.6 Å². The Bertz CT molecular complexity index is 377. The van der Waals surface area contributed by atoms with Crippen molar-refractivity contribution in [1.29, 1.82) is 0 Å². The highest BCUT2D eigenvalue weighted by atomic mass is 32.1.